The molecule has 8 aliphatic heterocycles. The summed E-state index contributed by atoms with van der Waals surface area (Å²) < 4.78 is 76.7. The van der Waals surface area contributed by atoms with Crippen LogP contribution in [0.15, 0.2) is 0 Å². The van der Waals surface area contributed by atoms with Gasteiger partial charge in [-0.15, -0.1) is 0 Å². The van der Waals surface area contributed by atoms with E-state index in [1.165, 1.54) is 0 Å². The van der Waals surface area contributed by atoms with Gasteiger partial charge in [0.15, 0.2) is 18.5 Å². The Kier molecular flexibility index (Phi) is 28.6. The zero-order valence-corrected chi connectivity index (χ0v) is 78.1. The van der Waals surface area contributed by atoms with Crippen molar-refractivity contribution in [1.29, 1.82) is 0 Å². The fraction of sp³-hybridized carbons (Fsp3) is 0.911. The first-order chi connectivity index (χ1) is 52.5. The predicted octanol–water partition coefficient (Wildman–Crippen LogP) is 12.7. The Morgan fingerprint density at radius 1 is 0.284 bits per heavy atom. The van der Waals surface area contributed by atoms with Crippen molar-refractivity contribution in [3.8, 4) is 0 Å². The number of ether oxygens (including phenoxy) is 12. The molecule has 1 spiro atoms. The van der Waals surface area contributed by atoms with Crippen molar-refractivity contribution in [3.05, 3.63) is 0 Å². The summed E-state index contributed by atoms with van der Waals surface area (Å²) in [6, 6.07) is 0. The molecule has 0 N–H and O–H groups in total. The van der Waals surface area contributed by atoms with Gasteiger partial charge in [-0.05, 0) is 208 Å². The van der Waals surface area contributed by atoms with E-state index in [0.29, 0.717) is 77.0 Å². The van der Waals surface area contributed by atoms with Gasteiger partial charge in [-0.2, -0.15) is 0 Å². The second-order valence-electron chi connectivity index (χ2n) is 45.6. The van der Waals surface area contributed by atoms with Crippen molar-refractivity contribution in [2.75, 3.05) is 81.9 Å². The van der Waals surface area contributed by atoms with E-state index in [1.807, 2.05) is 55.9 Å². The standard InChI is InChI=1S/C90H156N6O20/c1-76(2,50-105-65(97)35-62(69(100)112-57-40-80(9,10)92(30)81(11,12)41-57)63(70(101)113-58-42-82(13,14)93(31)83(15,16)43-58)36-67(99)111-56-38-78(5,6)91(29)79(7,8)39-56)74-107-52-90(53-108-74)54-109-75(110-55-90)77(3,4)51-106-66(98)37-64(71(102)114-59-44-84(17,18)94(32)85(19,20)45-59)68(72(103)115-60-46-86(21,22)95(33)87(23,24)47-60)73(104)116-61-48-88(25,26)96(34)89(27,28)49-61/h56-64,68,74-75H,35-55H2,1-34H3. The van der Waals surface area contributed by atoms with Crippen molar-refractivity contribution in [2.45, 2.75) is 406 Å². The number of piperidine rings is 6. The molecule has 0 saturated carbocycles. The van der Waals surface area contributed by atoms with Crippen molar-refractivity contribution >= 4 is 47.8 Å². The van der Waals surface area contributed by atoms with Gasteiger partial charge in [0.2, 0.25) is 0 Å². The summed E-state index contributed by atoms with van der Waals surface area (Å²) in [5.74, 6) is -13.4. The maximum Gasteiger partial charge on any atom is 0.321 e. The molecule has 0 aliphatic carbocycles. The maximum atomic E-state index is 15.3. The van der Waals surface area contributed by atoms with Gasteiger partial charge in [-0.1, -0.05) is 27.7 Å². The molecule has 3 atom stereocenters. The van der Waals surface area contributed by atoms with Gasteiger partial charge in [0.25, 0.3) is 0 Å². The lowest BCUT2D eigenvalue weighted by Crippen LogP contribution is -2.61. The topological polar surface area (TPSA) is 267 Å². The van der Waals surface area contributed by atoms with Crippen LogP contribution in [0.5, 0.6) is 0 Å². The lowest BCUT2D eigenvalue weighted by atomic mass is 9.78. The minimum Gasteiger partial charge on any atom is -0.465 e. The lowest BCUT2D eigenvalue weighted by Gasteiger charge is -2.53. The largest absolute Gasteiger partial charge is 0.465 e. The molecule has 0 radical (unpaired) electrons. The summed E-state index contributed by atoms with van der Waals surface area (Å²) in [5, 5.41) is 0. The van der Waals surface area contributed by atoms with Crippen LogP contribution >= 0.6 is 0 Å². The number of rotatable bonds is 25. The molecular formula is C90H156N6O20. The van der Waals surface area contributed by atoms with Crippen LogP contribution in [0.1, 0.15) is 290 Å². The Morgan fingerprint density at radius 2 is 0.466 bits per heavy atom. The second kappa shape index (κ2) is 34.2. The monoisotopic (exact) mass is 1640 g/mol. The zero-order valence-electron chi connectivity index (χ0n) is 78.1. The van der Waals surface area contributed by atoms with Gasteiger partial charge in [0.05, 0.1) is 68.9 Å². The molecule has 0 amide bonds. The number of nitrogens with zero attached hydrogens (tertiary/aromatic N) is 6. The minimum atomic E-state index is -1.90. The quantitative estimate of drug-likeness (QED) is 0.0467. The van der Waals surface area contributed by atoms with E-state index in [0.717, 1.165) is 0 Å². The van der Waals surface area contributed by atoms with E-state index in [4.69, 9.17) is 56.8 Å². The third kappa shape index (κ3) is 22.4. The van der Waals surface area contributed by atoms with Crippen molar-refractivity contribution in [3.63, 3.8) is 0 Å². The molecule has 0 bridgehead atoms. The highest BCUT2D eigenvalue weighted by Gasteiger charge is 2.57. The molecule has 0 aromatic heterocycles. The predicted molar refractivity (Wildman–Crippen MR) is 441 cm³/mol. The van der Waals surface area contributed by atoms with Crippen LogP contribution in [-0.4, -0.2) is 275 Å². The summed E-state index contributed by atoms with van der Waals surface area (Å²) in [6.07, 6.45) is -1.69. The summed E-state index contributed by atoms with van der Waals surface area (Å²) in [7, 11) is 12.3. The first-order valence-electron chi connectivity index (χ1n) is 43.0. The van der Waals surface area contributed by atoms with Gasteiger partial charge in [-0.25, -0.2) is 0 Å². The average Bonchev–Trinajstić information content (AvgIpc) is 0.822. The maximum absolute atomic E-state index is 15.3. The fourth-order valence-electron chi connectivity index (χ4n) is 20.8. The lowest BCUT2D eigenvalue weighted by molar-refractivity contribution is -0.337. The first-order valence-corrected chi connectivity index (χ1v) is 43.0. The SMILES string of the molecule is CN1C(C)(C)CC(OC(=O)CC(C(=O)OC2CC(C)(C)N(C)C(C)(C)C2)C(CC(=O)OCC(C)(C)C2OCC3(CO2)COC(C(C)(C)COC(=O)CC(C(=O)OC2CC(C)(C)N(C)C(C)(C)C2)C(C(=O)OC2CC(C)(C)N(C)C(C)(C)C2)C(=O)OC2CC(C)(C)N(C)C(C)(C)C2)OC3)C(=O)OC2CC(C)(C)N(C)C(C)(C)C2)CC1(C)C. The highest BCUT2D eigenvalue weighted by atomic mass is 16.7. The first kappa shape index (κ1) is 96.8. The van der Waals surface area contributed by atoms with Crippen LogP contribution in [0.25, 0.3) is 0 Å². The number of hydrogen-bond donors (Lipinski definition) is 0. The van der Waals surface area contributed by atoms with Crippen LogP contribution in [0.4, 0.5) is 0 Å². The normalized spacial score (nSPS) is 29.0. The number of carbonyl (C=O) groups excluding carboxylic acids is 8. The molecule has 8 rings (SSSR count). The van der Waals surface area contributed by atoms with E-state index in [2.05, 4.69) is 210 Å². The number of likely N-dealkylation sites (tertiary alicyclic amines) is 6. The van der Waals surface area contributed by atoms with Gasteiger partial charge in [-0.3, -0.25) is 67.8 Å². The van der Waals surface area contributed by atoms with Crippen molar-refractivity contribution in [1.82, 2.24) is 29.4 Å². The van der Waals surface area contributed by atoms with Gasteiger partial charge >= 0.3 is 47.8 Å². The molecule has 8 aliphatic rings. The molecule has 8 fully saturated rings. The summed E-state index contributed by atoms with van der Waals surface area (Å²) >= 11 is 0. The Morgan fingerprint density at radius 3 is 0.690 bits per heavy atom. The second-order valence-corrected chi connectivity index (χ2v) is 45.6. The minimum absolute atomic E-state index is 0.112. The molecule has 0 aromatic carbocycles. The molecule has 8 saturated heterocycles. The van der Waals surface area contributed by atoms with Crippen LogP contribution in [0, 0.1) is 39.9 Å². The van der Waals surface area contributed by atoms with Gasteiger partial charge in [0.1, 0.15) is 49.8 Å². The highest BCUT2D eigenvalue weighted by Crippen LogP contribution is 2.48. The Labute approximate surface area is 696 Å². The molecule has 116 heavy (non-hydrogen) atoms. The molecule has 26 heteroatoms. The average molecular weight is 1640 g/mol. The highest BCUT2D eigenvalue weighted by molar-refractivity contribution is 6.00. The van der Waals surface area contributed by atoms with Crippen LogP contribution in [-0.2, 0) is 95.2 Å². The molecular weight excluding hydrogens is 1490 g/mol. The van der Waals surface area contributed by atoms with Gasteiger partial charge in [0, 0.05) is 154 Å². The Balaban J connectivity index is 0.957. The molecule has 0 aromatic rings. The number of hydrogen-bond acceptors (Lipinski definition) is 26. The third-order valence-electron chi connectivity index (χ3n) is 29.4. The van der Waals surface area contributed by atoms with E-state index >= 15 is 24.0 Å². The van der Waals surface area contributed by atoms with Crippen LogP contribution < -0.4 is 0 Å². The van der Waals surface area contributed by atoms with E-state index in [9.17, 15) is 14.4 Å². The molecule has 8 heterocycles. The smallest absolute Gasteiger partial charge is 0.321 e. The summed E-state index contributed by atoms with van der Waals surface area (Å²) in [5.41, 5.74) is -7.50. The molecule has 26 nitrogen and oxygen atoms in total. The van der Waals surface area contributed by atoms with E-state index in [-0.39, 0.29) is 61.8 Å². The number of esters is 8. The van der Waals surface area contributed by atoms with Gasteiger partial charge < -0.3 is 56.8 Å². The molecule has 3 unspecified atom stereocenters. The third-order valence-corrected chi connectivity index (χ3v) is 29.4. The fourth-order valence-corrected chi connectivity index (χ4v) is 20.8. The Bertz CT molecular complexity index is 3350. The van der Waals surface area contributed by atoms with Crippen molar-refractivity contribution < 1.29 is 95.2 Å². The van der Waals surface area contributed by atoms with Crippen LogP contribution in [0.3, 0.4) is 0 Å². The molecule has 666 valence electrons. The number of carbonyl (C=O) groups is 8. The van der Waals surface area contributed by atoms with E-state index < -0.39 is 200 Å². The zero-order chi connectivity index (χ0) is 87.8. The summed E-state index contributed by atoms with van der Waals surface area (Å²) in [4.78, 5) is 134. The van der Waals surface area contributed by atoms with E-state index in [1.54, 1.807) is 0 Å². The Hall–Kier alpha value is -4.64. The summed E-state index contributed by atoms with van der Waals surface area (Å²) in [6.45, 7) is 57.3. The van der Waals surface area contributed by atoms with Crippen molar-refractivity contribution in [2.24, 2.45) is 39.9 Å². The van der Waals surface area contributed by atoms with Crippen LogP contribution in [0.2, 0.25) is 0 Å².